The Morgan fingerprint density at radius 1 is 1.00 bits per heavy atom. The SMILES string of the molecule is CCC(C)N(C(C)CC)[C@H](C(=O)O)[C@@H](C)CC. The molecule has 0 aliphatic rings. The van der Waals surface area contributed by atoms with Crippen LogP contribution in [0, 0.1) is 5.92 Å². The number of hydrogen-bond acceptors (Lipinski definition) is 2. The summed E-state index contributed by atoms with van der Waals surface area (Å²) in [6.07, 6.45) is 2.88. The zero-order chi connectivity index (χ0) is 13.6. The van der Waals surface area contributed by atoms with Crippen LogP contribution >= 0.6 is 0 Å². The van der Waals surface area contributed by atoms with Crippen LogP contribution in [0.1, 0.15) is 60.8 Å². The minimum absolute atomic E-state index is 0.190. The highest BCUT2D eigenvalue weighted by Crippen LogP contribution is 2.23. The van der Waals surface area contributed by atoms with Crippen LogP contribution in [0.4, 0.5) is 0 Å². The third-order valence-electron chi connectivity index (χ3n) is 3.96. The molecule has 0 aliphatic carbocycles. The van der Waals surface area contributed by atoms with Gasteiger partial charge in [0.15, 0.2) is 0 Å². The van der Waals surface area contributed by atoms with Crippen molar-refractivity contribution in [3.63, 3.8) is 0 Å². The van der Waals surface area contributed by atoms with E-state index >= 15 is 0 Å². The third-order valence-corrected chi connectivity index (χ3v) is 3.96. The fourth-order valence-corrected chi connectivity index (χ4v) is 2.29. The third kappa shape index (κ3) is 4.30. The number of hydrogen-bond donors (Lipinski definition) is 1. The second-order valence-corrected chi connectivity index (χ2v) is 5.13. The summed E-state index contributed by atoms with van der Waals surface area (Å²) in [7, 11) is 0. The van der Waals surface area contributed by atoms with Gasteiger partial charge in [0.2, 0.25) is 0 Å². The van der Waals surface area contributed by atoms with Crippen molar-refractivity contribution in [1.82, 2.24) is 4.90 Å². The van der Waals surface area contributed by atoms with E-state index in [1.807, 2.05) is 6.92 Å². The van der Waals surface area contributed by atoms with Crippen LogP contribution in [0.3, 0.4) is 0 Å². The molecule has 0 aromatic rings. The van der Waals surface area contributed by atoms with E-state index in [9.17, 15) is 9.90 Å². The molecular formula is C14H29NO2. The summed E-state index contributed by atoms with van der Waals surface area (Å²) in [6.45, 7) is 12.6. The van der Waals surface area contributed by atoms with Crippen molar-refractivity contribution in [2.24, 2.45) is 5.92 Å². The summed E-state index contributed by atoms with van der Waals surface area (Å²) in [5, 5.41) is 9.49. The van der Waals surface area contributed by atoms with Crippen molar-refractivity contribution < 1.29 is 9.90 Å². The monoisotopic (exact) mass is 243 g/mol. The first-order valence-electron chi connectivity index (χ1n) is 6.90. The predicted octanol–water partition coefficient (Wildman–Crippen LogP) is 3.38. The van der Waals surface area contributed by atoms with Gasteiger partial charge in [-0.25, -0.2) is 0 Å². The van der Waals surface area contributed by atoms with E-state index in [0.717, 1.165) is 19.3 Å². The van der Waals surface area contributed by atoms with Crippen LogP contribution in [0.2, 0.25) is 0 Å². The first kappa shape index (κ1) is 16.4. The predicted molar refractivity (Wildman–Crippen MR) is 72.2 cm³/mol. The number of nitrogens with zero attached hydrogens (tertiary/aromatic N) is 1. The molecule has 4 atom stereocenters. The van der Waals surface area contributed by atoms with E-state index in [2.05, 4.69) is 39.5 Å². The summed E-state index contributed by atoms with van der Waals surface area (Å²) in [4.78, 5) is 13.7. The fourth-order valence-electron chi connectivity index (χ4n) is 2.29. The van der Waals surface area contributed by atoms with E-state index in [-0.39, 0.29) is 12.0 Å². The van der Waals surface area contributed by atoms with Gasteiger partial charge in [0.1, 0.15) is 6.04 Å². The molecule has 17 heavy (non-hydrogen) atoms. The van der Waals surface area contributed by atoms with Gasteiger partial charge < -0.3 is 5.11 Å². The van der Waals surface area contributed by atoms with Gasteiger partial charge in [-0.3, -0.25) is 9.69 Å². The van der Waals surface area contributed by atoms with Crippen molar-refractivity contribution in [3.8, 4) is 0 Å². The van der Waals surface area contributed by atoms with Crippen LogP contribution in [0.15, 0.2) is 0 Å². The summed E-state index contributed by atoms with van der Waals surface area (Å²) < 4.78 is 0. The number of carbonyl (C=O) groups is 1. The van der Waals surface area contributed by atoms with Crippen LogP contribution in [-0.4, -0.2) is 34.1 Å². The van der Waals surface area contributed by atoms with E-state index in [1.165, 1.54) is 0 Å². The molecule has 0 saturated heterocycles. The normalized spacial score (nSPS) is 18.8. The highest BCUT2D eigenvalue weighted by molar-refractivity contribution is 5.74. The Hall–Kier alpha value is -0.570. The average molecular weight is 243 g/mol. The Morgan fingerprint density at radius 2 is 1.41 bits per heavy atom. The first-order valence-corrected chi connectivity index (χ1v) is 6.90. The zero-order valence-corrected chi connectivity index (χ0v) is 12.2. The molecule has 0 aromatic carbocycles. The molecule has 0 saturated carbocycles. The Balaban J connectivity index is 5.13. The molecule has 0 heterocycles. The Kier molecular flexibility index (Phi) is 7.44. The topological polar surface area (TPSA) is 40.5 Å². The molecule has 0 amide bonds. The van der Waals surface area contributed by atoms with Gasteiger partial charge in [0, 0.05) is 12.1 Å². The number of carboxylic acids is 1. The maximum Gasteiger partial charge on any atom is 0.321 e. The molecule has 0 aliphatic heterocycles. The second-order valence-electron chi connectivity index (χ2n) is 5.13. The quantitative estimate of drug-likeness (QED) is 0.710. The van der Waals surface area contributed by atoms with E-state index in [0.29, 0.717) is 12.1 Å². The standard InChI is InChI=1S/C14H29NO2/c1-7-10(4)13(14(16)17)15(11(5)8-2)12(6)9-3/h10-13H,7-9H2,1-6H3,(H,16,17)/t10-,11?,12?,13-/m0/s1. The lowest BCUT2D eigenvalue weighted by Gasteiger charge is -2.40. The van der Waals surface area contributed by atoms with E-state index in [4.69, 9.17) is 0 Å². The van der Waals surface area contributed by atoms with Crippen LogP contribution < -0.4 is 0 Å². The molecule has 2 unspecified atom stereocenters. The Labute approximate surface area is 106 Å². The maximum absolute atomic E-state index is 11.5. The lowest BCUT2D eigenvalue weighted by atomic mass is 9.94. The van der Waals surface area contributed by atoms with Crippen molar-refractivity contribution in [2.75, 3.05) is 0 Å². The molecule has 0 fully saturated rings. The molecule has 3 nitrogen and oxygen atoms in total. The van der Waals surface area contributed by atoms with Crippen LogP contribution in [0.25, 0.3) is 0 Å². The number of aliphatic carboxylic acids is 1. The molecule has 1 N–H and O–H groups in total. The van der Waals surface area contributed by atoms with E-state index < -0.39 is 5.97 Å². The van der Waals surface area contributed by atoms with Gasteiger partial charge in [-0.05, 0) is 32.6 Å². The van der Waals surface area contributed by atoms with Crippen molar-refractivity contribution >= 4 is 5.97 Å². The highest BCUT2D eigenvalue weighted by atomic mass is 16.4. The largest absolute Gasteiger partial charge is 0.480 e. The molecule has 3 heteroatoms. The first-order chi connectivity index (χ1) is 7.90. The summed E-state index contributed by atoms with van der Waals surface area (Å²) in [5.41, 5.74) is 0. The van der Waals surface area contributed by atoms with Crippen LogP contribution in [0.5, 0.6) is 0 Å². The summed E-state index contributed by atoms with van der Waals surface area (Å²) in [6, 6.07) is 0.282. The van der Waals surface area contributed by atoms with Gasteiger partial charge in [0.05, 0.1) is 0 Å². The Morgan fingerprint density at radius 3 is 1.65 bits per heavy atom. The number of carboxylic acid groups (broad SMARTS) is 1. The van der Waals surface area contributed by atoms with Crippen molar-refractivity contribution in [1.29, 1.82) is 0 Å². The van der Waals surface area contributed by atoms with Gasteiger partial charge in [0.25, 0.3) is 0 Å². The molecule has 0 bridgehead atoms. The van der Waals surface area contributed by atoms with Crippen molar-refractivity contribution in [3.05, 3.63) is 0 Å². The van der Waals surface area contributed by atoms with Gasteiger partial charge in [-0.1, -0.05) is 34.1 Å². The van der Waals surface area contributed by atoms with Gasteiger partial charge >= 0.3 is 5.97 Å². The maximum atomic E-state index is 11.5. The average Bonchev–Trinajstić information content (AvgIpc) is 2.32. The summed E-state index contributed by atoms with van der Waals surface area (Å²) >= 11 is 0. The molecule has 0 spiro atoms. The molecule has 0 rings (SSSR count). The highest BCUT2D eigenvalue weighted by Gasteiger charge is 2.34. The summed E-state index contributed by atoms with van der Waals surface area (Å²) in [5.74, 6) is -0.490. The minimum atomic E-state index is -0.681. The fraction of sp³-hybridized carbons (Fsp3) is 0.929. The van der Waals surface area contributed by atoms with Crippen LogP contribution in [-0.2, 0) is 4.79 Å². The van der Waals surface area contributed by atoms with Crippen molar-refractivity contribution in [2.45, 2.75) is 78.9 Å². The van der Waals surface area contributed by atoms with E-state index in [1.54, 1.807) is 0 Å². The van der Waals surface area contributed by atoms with Gasteiger partial charge in [-0.2, -0.15) is 0 Å². The van der Waals surface area contributed by atoms with Gasteiger partial charge in [-0.15, -0.1) is 0 Å². The zero-order valence-electron chi connectivity index (χ0n) is 12.2. The molecular weight excluding hydrogens is 214 g/mol. The number of rotatable bonds is 8. The molecule has 0 aromatic heterocycles. The Bertz CT molecular complexity index is 220. The molecule has 0 radical (unpaired) electrons. The second kappa shape index (κ2) is 7.70. The molecule has 102 valence electrons. The lowest BCUT2D eigenvalue weighted by Crippen LogP contribution is -2.53. The smallest absolute Gasteiger partial charge is 0.321 e. The minimum Gasteiger partial charge on any atom is -0.480 e. The lowest BCUT2D eigenvalue weighted by molar-refractivity contribution is -0.148.